The maximum absolute atomic E-state index is 12.5. The Morgan fingerprint density at radius 1 is 0.600 bits per heavy atom. The summed E-state index contributed by atoms with van der Waals surface area (Å²) in [7, 11) is 0. The third-order valence-electron chi connectivity index (χ3n) is 5.27. The molecule has 0 bridgehead atoms. The van der Waals surface area contributed by atoms with Crippen LogP contribution in [0.5, 0.6) is 0 Å². The molecule has 4 nitrogen and oxygen atoms in total. The van der Waals surface area contributed by atoms with Gasteiger partial charge in [0.1, 0.15) is 0 Å². The fourth-order valence-electron chi connectivity index (χ4n) is 3.52. The molecule has 2 aromatic carbocycles. The standard InChI is InChI=1S/C26H34O4/c1-3-5-7-9-15-21-17-11-13-19-23(21)25(27)29-30-26(28)24-20-14-12-18-22(24)16-10-8-6-4-2/h11-14,17-20H,3-10,15-16H2,1-2H3. The molecule has 0 N–H and O–H groups in total. The van der Waals surface area contributed by atoms with E-state index >= 15 is 0 Å². The summed E-state index contributed by atoms with van der Waals surface area (Å²) >= 11 is 0. The minimum atomic E-state index is -0.630. The molecule has 0 aliphatic carbocycles. The van der Waals surface area contributed by atoms with Gasteiger partial charge in [0.2, 0.25) is 0 Å². The largest absolute Gasteiger partial charge is 0.386 e. The Morgan fingerprint density at radius 2 is 1.00 bits per heavy atom. The van der Waals surface area contributed by atoms with Crippen LogP contribution in [-0.2, 0) is 22.6 Å². The highest BCUT2D eigenvalue weighted by molar-refractivity contribution is 5.93. The average molecular weight is 411 g/mol. The normalized spacial score (nSPS) is 10.6. The van der Waals surface area contributed by atoms with Gasteiger partial charge in [-0.15, -0.1) is 0 Å². The van der Waals surface area contributed by atoms with Crippen LogP contribution < -0.4 is 0 Å². The van der Waals surface area contributed by atoms with Crippen LogP contribution in [0, 0.1) is 0 Å². The molecule has 4 heteroatoms. The lowest BCUT2D eigenvalue weighted by Crippen LogP contribution is -2.14. The summed E-state index contributed by atoms with van der Waals surface area (Å²) in [5.74, 6) is -1.26. The molecule has 0 aliphatic heterocycles. The second-order valence-corrected chi connectivity index (χ2v) is 7.68. The molecule has 0 radical (unpaired) electrons. The van der Waals surface area contributed by atoms with Crippen LogP contribution in [0.2, 0.25) is 0 Å². The third kappa shape index (κ3) is 7.66. The predicted molar refractivity (Wildman–Crippen MR) is 119 cm³/mol. The lowest BCUT2D eigenvalue weighted by atomic mass is 10.0. The molecule has 0 saturated carbocycles. The predicted octanol–water partition coefficient (Wildman–Crippen LogP) is 6.86. The van der Waals surface area contributed by atoms with E-state index in [-0.39, 0.29) is 0 Å². The highest BCUT2D eigenvalue weighted by atomic mass is 17.2. The van der Waals surface area contributed by atoms with Crippen LogP contribution in [0.15, 0.2) is 48.5 Å². The van der Waals surface area contributed by atoms with Crippen LogP contribution in [-0.4, -0.2) is 11.9 Å². The number of aryl methyl sites for hydroxylation is 2. The summed E-state index contributed by atoms with van der Waals surface area (Å²) in [6.45, 7) is 4.34. The Labute approximate surface area is 180 Å². The zero-order chi connectivity index (χ0) is 21.6. The van der Waals surface area contributed by atoms with Crippen molar-refractivity contribution in [2.45, 2.75) is 78.1 Å². The topological polar surface area (TPSA) is 52.6 Å². The molecular formula is C26H34O4. The van der Waals surface area contributed by atoms with Gasteiger partial charge in [-0.2, -0.15) is 0 Å². The number of unbranched alkanes of at least 4 members (excludes halogenated alkanes) is 6. The van der Waals surface area contributed by atoms with Crippen LogP contribution in [0.1, 0.15) is 97.1 Å². The Hall–Kier alpha value is -2.62. The van der Waals surface area contributed by atoms with E-state index in [4.69, 9.17) is 9.78 Å². The SMILES string of the molecule is CCCCCCc1ccccc1C(=O)OOC(=O)c1ccccc1CCCCCC. The molecule has 0 spiro atoms. The molecule has 0 heterocycles. The van der Waals surface area contributed by atoms with E-state index in [1.54, 1.807) is 24.3 Å². The third-order valence-corrected chi connectivity index (χ3v) is 5.27. The summed E-state index contributed by atoms with van der Waals surface area (Å²) in [6, 6.07) is 14.7. The van der Waals surface area contributed by atoms with Crippen molar-refractivity contribution in [3.8, 4) is 0 Å². The van der Waals surface area contributed by atoms with Crippen molar-refractivity contribution in [3.63, 3.8) is 0 Å². The number of hydrogen-bond acceptors (Lipinski definition) is 4. The minimum Gasteiger partial charge on any atom is -0.241 e. The fourth-order valence-corrected chi connectivity index (χ4v) is 3.52. The summed E-state index contributed by atoms with van der Waals surface area (Å²) < 4.78 is 0. The Kier molecular flexibility index (Phi) is 10.7. The van der Waals surface area contributed by atoms with Gasteiger partial charge in [-0.25, -0.2) is 19.4 Å². The van der Waals surface area contributed by atoms with E-state index in [1.807, 2.05) is 24.3 Å². The van der Waals surface area contributed by atoms with Crippen molar-refractivity contribution < 1.29 is 19.4 Å². The van der Waals surface area contributed by atoms with Gasteiger partial charge >= 0.3 is 11.9 Å². The van der Waals surface area contributed by atoms with E-state index in [2.05, 4.69) is 13.8 Å². The molecule has 0 aliphatic rings. The second-order valence-electron chi connectivity index (χ2n) is 7.68. The highest BCUT2D eigenvalue weighted by Crippen LogP contribution is 2.17. The number of rotatable bonds is 12. The highest BCUT2D eigenvalue weighted by Gasteiger charge is 2.18. The van der Waals surface area contributed by atoms with Gasteiger partial charge < -0.3 is 0 Å². The average Bonchev–Trinajstić information content (AvgIpc) is 2.78. The molecule has 0 aromatic heterocycles. The first-order chi connectivity index (χ1) is 14.7. The molecule has 2 aromatic rings. The molecule has 0 atom stereocenters. The molecule has 0 fully saturated rings. The molecular weight excluding hydrogens is 376 g/mol. The van der Waals surface area contributed by atoms with Gasteiger partial charge in [-0.05, 0) is 48.9 Å². The Bertz CT molecular complexity index is 730. The van der Waals surface area contributed by atoms with E-state index in [1.165, 1.54) is 25.7 Å². The van der Waals surface area contributed by atoms with E-state index < -0.39 is 11.9 Å². The number of hydrogen-bond donors (Lipinski definition) is 0. The zero-order valence-electron chi connectivity index (χ0n) is 18.3. The molecule has 30 heavy (non-hydrogen) atoms. The van der Waals surface area contributed by atoms with Crippen molar-refractivity contribution in [1.29, 1.82) is 0 Å². The Morgan fingerprint density at radius 3 is 1.40 bits per heavy atom. The van der Waals surface area contributed by atoms with E-state index in [9.17, 15) is 9.59 Å². The molecule has 0 saturated heterocycles. The van der Waals surface area contributed by atoms with Crippen molar-refractivity contribution >= 4 is 11.9 Å². The van der Waals surface area contributed by atoms with Gasteiger partial charge in [0.25, 0.3) is 0 Å². The van der Waals surface area contributed by atoms with Crippen molar-refractivity contribution in [2.24, 2.45) is 0 Å². The van der Waals surface area contributed by atoms with Crippen LogP contribution in [0.3, 0.4) is 0 Å². The smallest absolute Gasteiger partial charge is 0.241 e. The lowest BCUT2D eigenvalue weighted by Gasteiger charge is -2.10. The number of benzene rings is 2. The van der Waals surface area contributed by atoms with Gasteiger partial charge in [-0.1, -0.05) is 88.8 Å². The first-order valence-electron chi connectivity index (χ1n) is 11.3. The zero-order valence-corrected chi connectivity index (χ0v) is 18.3. The maximum atomic E-state index is 12.5. The maximum Gasteiger partial charge on any atom is 0.386 e. The lowest BCUT2D eigenvalue weighted by molar-refractivity contribution is -0.187. The van der Waals surface area contributed by atoms with Gasteiger partial charge in [-0.3, -0.25) is 0 Å². The quantitative estimate of drug-likeness (QED) is 0.218. The monoisotopic (exact) mass is 410 g/mol. The Balaban J connectivity index is 1.94. The van der Waals surface area contributed by atoms with Crippen molar-refractivity contribution in [2.75, 3.05) is 0 Å². The van der Waals surface area contributed by atoms with E-state index in [0.29, 0.717) is 11.1 Å². The molecule has 0 amide bonds. The number of carbonyl (C=O) groups excluding carboxylic acids is 2. The van der Waals surface area contributed by atoms with Gasteiger partial charge in [0.15, 0.2) is 0 Å². The summed E-state index contributed by atoms with van der Waals surface area (Å²) in [4.78, 5) is 34.9. The summed E-state index contributed by atoms with van der Waals surface area (Å²) in [5, 5.41) is 0. The van der Waals surface area contributed by atoms with Gasteiger partial charge in [0.05, 0.1) is 11.1 Å². The first-order valence-corrected chi connectivity index (χ1v) is 11.3. The number of carbonyl (C=O) groups is 2. The fraction of sp³-hybridized carbons (Fsp3) is 0.462. The van der Waals surface area contributed by atoms with Crippen molar-refractivity contribution in [3.05, 3.63) is 70.8 Å². The molecule has 162 valence electrons. The van der Waals surface area contributed by atoms with Crippen LogP contribution >= 0.6 is 0 Å². The van der Waals surface area contributed by atoms with Gasteiger partial charge in [0, 0.05) is 0 Å². The minimum absolute atomic E-state index is 0.453. The van der Waals surface area contributed by atoms with E-state index in [0.717, 1.165) is 49.7 Å². The van der Waals surface area contributed by atoms with Crippen LogP contribution in [0.25, 0.3) is 0 Å². The van der Waals surface area contributed by atoms with Crippen molar-refractivity contribution in [1.82, 2.24) is 0 Å². The first kappa shape index (κ1) is 23.7. The summed E-state index contributed by atoms with van der Waals surface area (Å²) in [5.41, 5.74) is 2.75. The second kappa shape index (κ2) is 13.6. The van der Waals surface area contributed by atoms with Crippen LogP contribution in [0.4, 0.5) is 0 Å². The molecule has 0 unspecified atom stereocenters. The summed E-state index contributed by atoms with van der Waals surface area (Å²) in [6.07, 6.45) is 10.6. The molecule has 2 rings (SSSR count).